The largest absolute Gasteiger partial charge is 0.328 e. The molecule has 1 heterocycles. The first-order chi connectivity index (χ1) is 8.56. The Labute approximate surface area is 116 Å². The molecular formula is C12H15ClN4S. The molecule has 1 aromatic heterocycles. The van der Waals surface area contributed by atoms with E-state index in [1.807, 2.05) is 36.7 Å². The van der Waals surface area contributed by atoms with E-state index in [0.717, 1.165) is 27.1 Å². The number of aryl methyl sites for hydroxylation is 1. The first-order valence-corrected chi connectivity index (χ1v) is 6.81. The summed E-state index contributed by atoms with van der Waals surface area (Å²) in [4.78, 5) is 1.12. The van der Waals surface area contributed by atoms with Gasteiger partial charge in [-0.15, -0.1) is 10.2 Å². The smallest absolute Gasteiger partial charge is 0.195 e. The van der Waals surface area contributed by atoms with Gasteiger partial charge in [0.15, 0.2) is 5.16 Å². The van der Waals surface area contributed by atoms with Crippen LogP contribution in [0.25, 0.3) is 0 Å². The fraction of sp³-hybridized carbons (Fsp3) is 0.333. The number of halogens is 1. The van der Waals surface area contributed by atoms with Crippen LogP contribution in [0.15, 0.2) is 34.6 Å². The number of hydrogen-bond acceptors (Lipinski definition) is 4. The third-order valence-corrected chi connectivity index (χ3v) is 3.84. The van der Waals surface area contributed by atoms with Gasteiger partial charge in [0.25, 0.3) is 0 Å². The van der Waals surface area contributed by atoms with Gasteiger partial charge in [0.05, 0.1) is 0 Å². The SMILES string of the molecule is CC(N)Cc1cc(Cl)ccc1Sc1nncn1C. The van der Waals surface area contributed by atoms with Crippen molar-refractivity contribution < 1.29 is 0 Å². The van der Waals surface area contributed by atoms with Crippen LogP contribution in [0.2, 0.25) is 5.02 Å². The van der Waals surface area contributed by atoms with Gasteiger partial charge in [-0.25, -0.2) is 0 Å². The minimum Gasteiger partial charge on any atom is -0.328 e. The first-order valence-electron chi connectivity index (χ1n) is 5.62. The van der Waals surface area contributed by atoms with Gasteiger partial charge in [-0.1, -0.05) is 11.6 Å². The van der Waals surface area contributed by atoms with Crippen LogP contribution < -0.4 is 5.73 Å². The maximum atomic E-state index is 6.03. The van der Waals surface area contributed by atoms with Gasteiger partial charge in [-0.3, -0.25) is 0 Å². The molecule has 0 fully saturated rings. The zero-order valence-corrected chi connectivity index (χ0v) is 11.9. The highest BCUT2D eigenvalue weighted by molar-refractivity contribution is 7.99. The van der Waals surface area contributed by atoms with Gasteiger partial charge in [-0.2, -0.15) is 0 Å². The second-order valence-electron chi connectivity index (χ2n) is 4.26. The molecule has 6 heteroatoms. The molecule has 0 spiro atoms. The lowest BCUT2D eigenvalue weighted by molar-refractivity contribution is 0.728. The summed E-state index contributed by atoms with van der Waals surface area (Å²) in [7, 11) is 1.92. The maximum absolute atomic E-state index is 6.03. The first kappa shape index (κ1) is 13.4. The minimum atomic E-state index is 0.0994. The lowest BCUT2D eigenvalue weighted by atomic mass is 10.1. The highest BCUT2D eigenvalue weighted by Gasteiger charge is 2.10. The van der Waals surface area contributed by atoms with Crippen molar-refractivity contribution in [3.05, 3.63) is 35.1 Å². The van der Waals surface area contributed by atoms with Crippen LogP contribution >= 0.6 is 23.4 Å². The maximum Gasteiger partial charge on any atom is 0.195 e. The molecule has 1 unspecified atom stereocenters. The summed E-state index contributed by atoms with van der Waals surface area (Å²) in [5.74, 6) is 0. The molecule has 0 radical (unpaired) electrons. The molecule has 4 nitrogen and oxygen atoms in total. The van der Waals surface area contributed by atoms with Crippen LogP contribution in [0, 0.1) is 0 Å². The summed E-state index contributed by atoms with van der Waals surface area (Å²) in [6, 6.07) is 5.94. The summed E-state index contributed by atoms with van der Waals surface area (Å²) in [6.07, 6.45) is 2.48. The molecule has 0 saturated carbocycles. The summed E-state index contributed by atoms with van der Waals surface area (Å²) in [6.45, 7) is 1.98. The molecule has 1 aromatic carbocycles. The topological polar surface area (TPSA) is 56.7 Å². The summed E-state index contributed by atoms with van der Waals surface area (Å²) >= 11 is 7.60. The molecule has 2 N–H and O–H groups in total. The van der Waals surface area contributed by atoms with Crippen molar-refractivity contribution in [2.45, 2.75) is 29.4 Å². The highest BCUT2D eigenvalue weighted by Crippen LogP contribution is 2.31. The molecule has 2 aromatic rings. The Kier molecular flexibility index (Phi) is 4.27. The van der Waals surface area contributed by atoms with Crippen LogP contribution in [0.3, 0.4) is 0 Å². The van der Waals surface area contributed by atoms with Crippen molar-refractivity contribution >= 4 is 23.4 Å². The molecule has 0 aliphatic carbocycles. The summed E-state index contributed by atoms with van der Waals surface area (Å²) in [5.41, 5.74) is 7.01. The van der Waals surface area contributed by atoms with E-state index in [2.05, 4.69) is 10.2 Å². The van der Waals surface area contributed by atoms with Gasteiger partial charge < -0.3 is 10.3 Å². The predicted octanol–water partition coefficient (Wildman–Crippen LogP) is 2.51. The third-order valence-electron chi connectivity index (χ3n) is 2.44. The van der Waals surface area contributed by atoms with Gasteiger partial charge in [0.1, 0.15) is 6.33 Å². The molecule has 1 atom stereocenters. The number of rotatable bonds is 4. The third kappa shape index (κ3) is 3.25. The average molecular weight is 283 g/mol. The van der Waals surface area contributed by atoms with Crippen LogP contribution in [-0.2, 0) is 13.5 Å². The van der Waals surface area contributed by atoms with Crippen molar-refractivity contribution in [1.29, 1.82) is 0 Å². The molecule has 0 amide bonds. The fourth-order valence-corrected chi connectivity index (χ4v) is 2.70. The number of nitrogens with two attached hydrogens (primary N) is 1. The molecule has 0 bridgehead atoms. The number of nitrogens with zero attached hydrogens (tertiary/aromatic N) is 3. The van der Waals surface area contributed by atoms with E-state index in [4.69, 9.17) is 17.3 Å². The normalized spacial score (nSPS) is 12.7. The molecule has 2 rings (SSSR count). The van der Waals surface area contributed by atoms with E-state index in [1.54, 1.807) is 18.1 Å². The Morgan fingerprint density at radius 3 is 2.89 bits per heavy atom. The Morgan fingerprint density at radius 2 is 2.28 bits per heavy atom. The predicted molar refractivity (Wildman–Crippen MR) is 73.9 cm³/mol. The van der Waals surface area contributed by atoms with Crippen LogP contribution in [0.1, 0.15) is 12.5 Å². The Balaban J connectivity index is 2.29. The van der Waals surface area contributed by atoms with E-state index in [1.165, 1.54) is 0 Å². The lowest BCUT2D eigenvalue weighted by Crippen LogP contribution is -2.18. The number of benzene rings is 1. The van der Waals surface area contributed by atoms with Gasteiger partial charge in [-0.05, 0) is 48.9 Å². The highest BCUT2D eigenvalue weighted by atomic mass is 35.5. The molecular weight excluding hydrogens is 268 g/mol. The van der Waals surface area contributed by atoms with Crippen molar-refractivity contribution in [2.24, 2.45) is 12.8 Å². The standard InChI is InChI=1S/C12H15ClN4S/c1-8(14)5-9-6-10(13)3-4-11(9)18-12-16-15-7-17(12)2/h3-4,6-8H,5,14H2,1-2H3. The van der Waals surface area contributed by atoms with Crippen LogP contribution in [-0.4, -0.2) is 20.8 Å². The van der Waals surface area contributed by atoms with Crippen molar-refractivity contribution in [3.63, 3.8) is 0 Å². The van der Waals surface area contributed by atoms with Crippen molar-refractivity contribution in [2.75, 3.05) is 0 Å². The Morgan fingerprint density at radius 1 is 1.50 bits per heavy atom. The quantitative estimate of drug-likeness (QED) is 0.936. The summed E-state index contributed by atoms with van der Waals surface area (Å²) in [5, 5.41) is 9.51. The van der Waals surface area contributed by atoms with E-state index in [0.29, 0.717) is 0 Å². The van der Waals surface area contributed by atoms with Gasteiger partial charge in [0.2, 0.25) is 0 Å². The van der Waals surface area contributed by atoms with E-state index in [-0.39, 0.29) is 6.04 Å². The lowest BCUT2D eigenvalue weighted by Gasteiger charge is -2.11. The number of hydrogen-bond donors (Lipinski definition) is 1. The average Bonchev–Trinajstić information content (AvgIpc) is 2.67. The summed E-state index contributed by atoms with van der Waals surface area (Å²) < 4.78 is 1.88. The molecule has 0 aliphatic rings. The van der Waals surface area contributed by atoms with Gasteiger partial charge in [0, 0.05) is 23.0 Å². The van der Waals surface area contributed by atoms with Gasteiger partial charge >= 0.3 is 0 Å². The zero-order valence-electron chi connectivity index (χ0n) is 10.3. The van der Waals surface area contributed by atoms with Crippen molar-refractivity contribution in [1.82, 2.24) is 14.8 Å². The fourth-order valence-electron chi connectivity index (χ4n) is 1.62. The second-order valence-corrected chi connectivity index (χ2v) is 5.71. The van der Waals surface area contributed by atoms with Crippen LogP contribution in [0.4, 0.5) is 0 Å². The Hall–Kier alpha value is -1.04. The zero-order chi connectivity index (χ0) is 13.1. The van der Waals surface area contributed by atoms with Crippen LogP contribution in [0.5, 0.6) is 0 Å². The molecule has 0 saturated heterocycles. The Bertz CT molecular complexity index is 539. The van der Waals surface area contributed by atoms with E-state index >= 15 is 0 Å². The van der Waals surface area contributed by atoms with E-state index in [9.17, 15) is 0 Å². The number of aromatic nitrogens is 3. The van der Waals surface area contributed by atoms with Crippen molar-refractivity contribution in [3.8, 4) is 0 Å². The minimum absolute atomic E-state index is 0.0994. The molecule has 0 aliphatic heterocycles. The molecule has 18 heavy (non-hydrogen) atoms. The second kappa shape index (κ2) is 5.73. The van der Waals surface area contributed by atoms with E-state index < -0.39 is 0 Å². The molecule has 96 valence electrons. The monoisotopic (exact) mass is 282 g/mol.